The van der Waals surface area contributed by atoms with Gasteiger partial charge in [-0.2, -0.15) is 8.42 Å². The smallest absolute Gasteiger partial charge is 0.307 e. The van der Waals surface area contributed by atoms with E-state index in [2.05, 4.69) is 0 Å². The Morgan fingerprint density at radius 1 is 1.21 bits per heavy atom. The van der Waals surface area contributed by atoms with Crippen LogP contribution in [0.3, 0.4) is 0 Å². The van der Waals surface area contributed by atoms with Crippen molar-refractivity contribution < 1.29 is 32.8 Å². The minimum atomic E-state index is -4.39. The summed E-state index contributed by atoms with van der Waals surface area (Å²) in [6.45, 7) is 0. The molecule has 0 aliphatic carbocycles. The Bertz CT molecular complexity index is 317. The summed E-state index contributed by atoms with van der Waals surface area (Å²) in [5, 5.41) is 16.7. The Morgan fingerprint density at radius 3 is 2.00 bits per heavy atom. The fraction of sp³-hybridized carbons (Fsp3) is 0.667. The molecule has 0 saturated heterocycles. The molecule has 0 aliphatic heterocycles. The molecular weight excluding hydrogens is 216 g/mol. The molecule has 0 aromatic rings. The number of carboxylic acid groups (broad SMARTS) is 2. The van der Waals surface area contributed by atoms with Crippen LogP contribution >= 0.6 is 0 Å². The van der Waals surface area contributed by atoms with Crippen LogP contribution in [0.25, 0.3) is 0 Å². The maximum atomic E-state index is 10.4. The molecule has 7 nitrogen and oxygen atoms in total. The SMILES string of the molecule is O=C(O)CC[C@H](CS(=O)(=O)O)C(=O)O. The first-order chi connectivity index (χ1) is 6.22. The van der Waals surface area contributed by atoms with E-state index in [0.717, 1.165) is 0 Å². The molecule has 0 aliphatic rings. The van der Waals surface area contributed by atoms with Gasteiger partial charge in [0.15, 0.2) is 0 Å². The minimum absolute atomic E-state index is 0.329. The van der Waals surface area contributed by atoms with Gasteiger partial charge in [-0.05, 0) is 6.42 Å². The van der Waals surface area contributed by atoms with Crippen molar-refractivity contribution in [3.8, 4) is 0 Å². The molecule has 14 heavy (non-hydrogen) atoms. The first-order valence-electron chi connectivity index (χ1n) is 3.62. The Hall–Kier alpha value is -1.15. The highest BCUT2D eigenvalue weighted by molar-refractivity contribution is 7.85. The highest BCUT2D eigenvalue weighted by Gasteiger charge is 2.24. The number of hydrogen-bond acceptors (Lipinski definition) is 4. The standard InChI is InChI=1S/C6H10O7S/c7-5(8)2-1-4(6(9)10)3-14(11,12)13/h4H,1-3H2,(H,7,8)(H,9,10)(H,11,12,13)/t4-/m1/s1. The molecule has 0 bridgehead atoms. The van der Waals surface area contributed by atoms with E-state index in [1.54, 1.807) is 0 Å². The Balaban J connectivity index is 4.32. The summed E-state index contributed by atoms with van der Waals surface area (Å²) in [7, 11) is -4.39. The molecule has 3 N–H and O–H groups in total. The lowest BCUT2D eigenvalue weighted by Gasteiger charge is -2.07. The van der Waals surface area contributed by atoms with Crippen molar-refractivity contribution >= 4 is 22.1 Å². The summed E-state index contributed by atoms with van der Waals surface area (Å²) in [6.07, 6.45) is -0.781. The zero-order valence-corrected chi connectivity index (χ0v) is 7.90. The largest absolute Gasteiger partial charge is 0.481 e. The van der Waals surface area contributed by atoms with Gasteiger partial charge in [0.1, 0.15) is 0 Å². The van der Waals surface area contributed by atoms with Crippen LogP contribution in [0.15, 0.2) is 0 Å². The first-order valence-corrected chi connectivity index (χ1v) is 5.23. The van der Waals surface area contributed by atoms with E-state index in [0.29, 0.717) is 0 Å². The summed E-state index contributed by atoms with van der Waals surface area (Å²) >= 11 is 0. The van der Waals surface area contributed by atoms with Gasteiger partial charge < -0.3 is 10.2 Å². The third-order valence-corrected chi connectivity index (χ3v) is 2.29. The molecule has 0 amide bonds. The first kappa shape index (κ1) is 12.8. The van der Waals surface area contributed by atoms with Crippen molar-refractivity contribution in [3.05, 3.63) is 0 Å². The van der Waals surface area contributed by atoms with E-state index >= 15 is 0 Å². The second-order valence-corrected chi connectivity index (χ2v) is 4.21. The highest BCUT2D eigenvalue weighted by Crippen LogP contribution is 2.09. The van der Waals surface area contributed by atoms with Gasteiger partial charge in [0.25, 0.3) is 10.1 Å². The molecule has 0 unspecified atom stereocenters. The summed E-state index contributed by atoms with van der Waals surface area (Å²) in [5.74, 6) is -5.01. The van der Waals surface area contributed by atoms with E-state index in [-0.39, 0.29) is 6.42 Å². The Labute approximate surface area is 80.1 Å². The monoisotopic (exact) mass is 226 g/mol. The predicted molar refractivity (Wildman–Crippen MR) is 44.4 cm³/mol. The van der Waals surface area contributed by atoms with Crippen molar-refractivity contribution in [1.29, 1.82) is 0 Å². The summed E-state index contributed by atoms with van der Waals surface area (Å²) in [4.78, 5) is 20.5. The topological polar surface area (TPSA) is 129 Å². The van der Waals surface area contributed by atoms with Crippen LogP contribution < -0.4 is 0 Å². The van der Waals surface area contributed by atoms with Crippen molar-refractivity contribution in [2.75, 3.05) is 5.75 Å². The minimum Gasteiger partial charge on any atom is -0.481 e. The predicted octanol–water partition coefficient (Wildman–Crippen LogP) is -0.560. The van der Waals surface area contributed by atoms with Crippen molar-refractivity contribution in [2.45, 2.75) is 12.8 Å². The highest BCUT2D eigenvalue weighted by atomic mass is 32.2. The van der Waals surface area contributed by atoms with E-state index in [1.165, 1.54) is 0 Å². The number of carboxylic acids is 2. The maximum absolute atomic E-state index is 10.4. The van der Waals surface area contributed by atoms with E-state index < -0.39 is 40.1 Å². The lowest BCUT2D eigenvalue weighted by molar-refractivity contribution is -0.142. The molecule has 0 spiro atoms. The van der Waals surface area contributed by atoms with Crippen LogP contribution in [0, 0.1) is 5.92 Å². The molecular formula is C6H10O7S. The van der Waals surface area contributed by atoms with Gasteiger partial charge in [0.2, 0.25) is 0 Å². The summed E-state index contributed by atoms with van der Waals surface area (Å²) < 4.78 is 29.0. The van der Waals surface area contributed by atoms with Crippen molar-refractivity contribution in [1.82, 2.24) is 0 Å². The zero-order chi connectivity index (χ0) is 11.4. The van der Waals surface area contributed by atoms with Crippen molar-refractivity contribution in [2.24, 2.45) is 5.92 Å². The second-order valence-electron chi connectivity index (χ2n) is 2.72. The summed E-state index contributed by atoms with van der Waals surface area (Å²) in [5.41, 5.74) is 0. The van der Waals surface area contributed by atoms with Crippen LogP contribution in [-0.2, 0) is 19.7 Å². The van der Waals surface area contributed by atoms with E-state index in [4.69, 9.17) is 14.8 Å². The zero-order valence-electron chi connectivity index (χ0n) is 7.08. The van der Waals surface area contributed by atoms with E-state index in [1.807, 2.05) is 0 Å². The third kappa shape index (κ3) is 6.38. The van der Waals surface area contributed by atoms with Gasteiger partial charge >= 0.3 is 11.9 Å². The average Bonchev–Trinajstić information content (AvgIpc) is 1.94. The molecule has 0 aromatic carbocycles. The average molecular weight is 226 g/mol. The molecule has 0 rings (SSSR count). The Morgan fingerprint density at radius 2 is 1.71 bits per heavy atom. The van der Waals surface area contributed by atoms with Gasteiger partial charge in [-0.15, -0.1) is 0 Å². The van der Waals surface area contributed by atoms with Crippen LogP contribution in [0.4, 0.5) is 0 Å². The van der Waals surface area contributed by atoms with Crippen LogP contribution in [-0.4, -0.2) is 40.9 Å². The number of hydrogen-bond donors (Lipinski definition) is 3. The fourth-order valence-electron chi connectivity index (χ4n) is 0.830. The van der Waals surface area contributed by atoms with Crippen LogP contribution in [0.2, 0.25) is 0 Å². The second kappa shape index (κ2) is 4.91. The molecule has 0 fully saturated rings. The van der Waals surface area contributed by atoms with Gasteiger partial charge in [-0.25, -0.2) is 0 Å². The third-order valence-electron chi connectivity index (χ3n) is 1.47. The van der Waals surface area contributed by atoms with Gasteiger partial charge in [0.05, 0.1) is 11.7 Å². The molecule has 1 atom stereocenters. The van der Waals surface area contributed by atoms with Crippen LogP contribution in [0.5, 0.6) is 0 Å². The molecule has 8 heteroatoms. The normalized spacial score (nSPS) is 13.5. The molecule has 82 valence electrons. The number of carbonyl (C=O) groups is 2. The lowest BCUT2D eigenvalue weighted by atomic mass is 10.1. The van der Waals surface area contributed by atoms with E-state index in [9.17, 15) is 18.0 Å². The lowest BCUT2D eigenvalue weighted by Crippen LogP contribution is -2.24. The van der Waals surface area contributed by atoms with Gasteiger partial charge in [0, 0.05) is 6.42 Å². The van der Waals surface area contributed by atoms with Gasteiger partial charge in [-0.1, -0.05) is 0 Å². The van der Waals surface area contributed by atoms with Crippen molar-refractivity contribution in [3.63, 3.8) is 0 Å². The molecule has 0 aromatic heterocycles. The summed E-state index contributed by atoms with van der Waals surface area (Å²) in [6, 6.07) is 0. The number of aliphatic carboxylic acids is 2. The molecule has 0 radical (unpaired) electrons. The fourth-order valence-corrected chi connectivity index (χ4v) is 1.65. The number of rotatable bonds is 6. The quantitative estimate of drug-likeness (QED) is 0.517. The Kier molecular flexibility index (Phi) is 4.51. The van der Waals surface area contributed by atoms with Gasteiger partial charge in [-0.3, -0.25) is 14.1 Å². The van der Waals surface area contributed by atoms with Crippen LogP contribution in [0.1, 0.15) is 12.8 Å². The molecule has 0 heterocycles. The molecule has 0 saturated carbocycles. The maximum Gasteiger partial charge on any atom is 0.307 e.